The number of carbonyl (C=O) groups is 2. The van der Waals surface area contributed by atoms with E-state index >= 15 is 0 Å². The normalized spacial score (nSPS) is 38.6. The molecule has 1 saturated heterocycles. The standard InChI is InChI=1S/C13H15NO5/c1-3-13(18)8(2)10(7-15)19-12(13)14-5-4-9(16)6-11(14)17/h1,4-5,8,10,12,15,18H,6-7H2,2H3/t8-,10-,12-,13-/m1/s1. The molecule has 0 bridgehead atoms. The van der Waals surface area contributed by atoms with Gasteiger partial charge in [0.2, 0.25) is 5.91 Å². The molecule has 0 radical (unpaired) electrons. The monoisotopic (exact) mass is 265 g/mol. The minimum Gasteiger partial charge on any atom is -0.394 e. The Hall–Kier alpha value is -1.68. The number of allylic oxidation sites excluding steroid dienone is 1. The van der Waals surface area contributed by atoms with Crippen molar-refractivity contribution in [3.8, 4) is 12.3 Å². The van der Waals surface area contributed by atoms with Gasteiger partial charge in [0, 0.05) is 12.1 Å². The van der Waals surface area contributed by atoms with Crippen LogP contribution in [0.4, 0.5) is 0 Å². The molecule has 0 unspecified atom stereocenters. The fourth-order valence-electron chi connectivity index (χ4n) is 2.33. The second-order valence-corrected chi connectivity index (χ2v) is 4.73. The first-order valence-corrected chi connectivity index (χ1v) is 5.92. The molecule has 2 aliphatic heterocycles. The van der Waals surface area contributed by atoms with Gasteiger partial charge >= 0.3 is 0 Å². The summed E-state index contributed by atoms with van der Waals surface area (Å²) in [6.45, 7) is 1.33. The molecule has 6 nitrogen and oxygen atoms in total. The lowest BCUT2D eigenvalue weighted by Gasteiger charge is -2.34. The first kappa shape index (κ1) is 13.7. The minimum absolute atomic E-state index is 0.283. The van der Waals surface area contributed by atoms with Crippen molar-refractivity contribution < 1.29 is 24.5 Å². The lowest BCUT2D eigenvalue weighted by Crippen LogP contribution is -2.52. The fraction of sp³-hybridized carbons (Fsp3) is 0.538. The molecule has 2 aliphatic rings. The second-order valence-electron chi connectivity index (χ2n) is 4.73. The molecule has 2 N–H and O–H groups in total. The van der Waals surface area contributed by atoms with Gasteiger partial charge in [-0.1, -0.05) is 12.8 Å². The maximum Gasteiger partial charge on any atom is 0.236 e. The summed E-state index contributed by atoms with van der Waals surface area (Å²) in [6.07, 6.45) is 5.81. The van der Waals surface area contributed by atoms with Gasteiger partial charge in [0.15, 0.2) is 17.6 Å². The van der Waals surface area contributed by atoms with Crippen molar-refractivity contribution in [3.05, 3.63) is 12.3 Å². The van der Waals surface area contributed by atoms with E-state index in [1.165, 1.54) is 12.3 Å². The van der Waals surface area contributed by atoms with Crippen molar-refractivity contribution in [2.24, 2.45) is 5.92 Å². The summed E-state index contributed by atoms with van der Waals surface area (Å²) in [5.41, 5.74) is -1.70. The smallest absolute Gasteiger partial charge is 0.236 e. The molecular weight excluding hydrogens is 250 g/mol. The third kappa shape index (κ3) is 2.06. The van der Waals surface area contributed by atoms with Gasteiger partial charge in [-0.05, 0) is 6.08 Å². The molecule has 0 aliphatic carbocycles. The van der Waals surface area contributed by atoms with E-state index in [2.05, 4.69) is 5.92 Å². The van der Waals surface area contributed by atoms with Crippen LogP contribution in [0.2, 0.25) is 0 Å². The SMILES string of the molecule is C#C[C@@]1(O)[C@H](C)[C@@H](CO)O[C@H]1N1C=CC(=O)CC1=O. The van der Waals surface area contributed by atoms with E-state index in [0.29, 0.717) is 0 Å². The highest BCUT2D eigenvalue weighted by molar-refractivity contribution is 6.06. The Bertz CT molecular complexity index is 480. The van der Waals surface area contributed by atoms with E-state index in [1.807, 2.05) is 0 Å². The minimum atomic E-state index is -1.70. The second kappa shape index (κ2) is 4.78. The highest BCUT2D eigenvalue weighted by Gasteiger charge is 2.55. The number of ether oxygens (including phenoxy) is 1. The van der Waals surface area contributed by atoms with Crippen molar-refractivity contribution >= 4 is 11.7 Å². The average molecular weight is 265 g/mol. The summed E-state index contributed by atoms with van der Waals surface area (Å²) >= 11 is 0. The van der Waals surface area contributed by atoms with Gasteiger partial charge in [-0.2, -0.15) is 0 Å². The number of ketones is 1. The molecule has 6 heteroatoms. The van der Waals surface area contributed by atoms with Crippen molar-refractivity contribution in [2.75, 3.05) is 6.61 Å². The molecular formula is C13H15NO5. The molecule has 2 heterocycles. The average Bonchev–Trinajstić information content (AvgIpc) is 2.63. The first-order chi connectivity index (χ1) is 8.93. The summed E-state index contributed by atoms with van der Waals surface area (Å²) in [7, 11) is 0. The number of hydrogen-bond acceptors (Lipinski definition) is 5. The van der Waals surface area contributed by atoms with Crippen molar-refractivity contribution in [2.45, 2.75) is 31.3 Å². The van der Waals surface area contributed by atoms with Crippen LogP contribution in [0.5, 0.6) is 0 Å². The lowest BCUT2D eigenvalue weighted by molar-refractivity contribution is -0.153. The Labute approximate surface area is 110 Å². The number of terminal acetylenes is 1. The number of amides is 1. The van der Waals surface area contributed by atoms with E-state index in [9.17, 15) is 19.8 Å². The molecule has 2 rings (SSSR count). The molecule has 0 aromatic carbocycles. The summed E-state index contributed by atoms with van der Waals surface area (Å²) in [6, 6.07) is 0. The topological polar surface area (TPSA) is 87.1 Å². The summed E-state index contributed by atoms with van der Waals surface area (Å²) in [5, 5.41) is 19.7. The van der Waals surface area contributed by atoms with Crippen molar-refractivity contribution in [1.29, 1.82) is 0 Å². The molecule has 1 amide bonds. The summed E-state index contributed by atoms with van der Waals surface area (Å²) < 4.78 is 5.47. The molecule has 0 aromatic rings. The van der Waals surface area contributed by atoms with Gasteiger partial charge in [0.25, 0.3) is 0 Å². The Morgan fingerprint density at radius 2 is 2.32 bits per heavy atom. The van der Waals surface area contributed by atoms with Crippen LogP contribution in [-0.4, -0.2) is 51.3 Å². The molecule has 0 aromatic heterocycles. The number of nitrogens with zero attached hydrogens (tertiary/aromatic N) is 1. The zero-order chi connectivity index (χ0) is 14.2. The van der Waals surface area contributed by atoms with Gasteiger partial charge in [-0.15, -0.1) is 6.42 Å². The third-order valence-corrected chi connectivity index (χ3v) is 3.63. The van der Waals surface area contributed by atoms with Crippen LogP contribution in [0.3, 0.4) is 0 Å². The van der Waals surface area contributed by atoms with Crippen LogP contribution in [0, 0.1) is 18.3 Å². The van der Waals surface area contributed by atoms with Gasteiger partial charge < -0.3 is 14.9 Å². The van der Waals surface area contributed by atoms with Crippen LogP contribution >= 0.6 is 0 Å². The van der Waals surface area contributed by atoms with Crippen LogP contribution in [0.25, 0.3) is 0 Å². The van der Waals surface area contributed by atoms with Crippen molar-refractivity contribution in [3.63, 3.8) is 0 Å². The number of aliphatic hydroxyl groups is 2. The Kier molecular flexibility index (Phi) is 3.45. The van der Waals surface area contributed by atoms with Gasteiger partial charge in [0.05, 0.1) is 19.1 Å². The molecule has 0 saturated carbocycles. The van der Waals surface area contributed by atoms with E-state index in [4.69, 9.17) is 11.2 Å². The van der Waals surface area contributed by atoms with Crippen LogP contribution in [0.1, 0.15) is 13.3 Å². The largest absolute Gasteiger partial charge is 0.394 e. The quantitative estimate of drug-likeness (QED) is 0.495. The third-order valence-electron chi connectivity index (χ3n) is 3.63. The number of hydrogen-bond donors (Lipinski definition) is 2. The van der Waals surface area contributed by atoms with E-state index in [1.54, 1.807) is 6.92 Å². The van der Waals surface area contributed by atoms with E-state index in [0.717, 1.165) is 4.90 Å². The van der Waals surface area contributed by atoms with E-state index in [-0.39, 0.29) is 18.8 Å². The van der Waals surface area contributed by atoms with Crippen LogP contribution in [0.15, 0.2) is 12.3 Å². The van der Waals surface area contributed by atoms with Gasteiger partial charge in [-0.25, -0.2) is 0 Å². The molecule has 0 spiro atoms. The molecule has 1 fully saturated rings. The zero-order valence-electron chi connectivity index (χ0n) is 10.4. The predicted octanol–water partition coefficient (Wildman–Crippen LogP) is -0.981. The van der Waals surface area contributed by atoms with Gasteiger partial charge in [-0.3, -0.25) is 14.5 Å². The lowest BCUT2D eigenvalue weighted by atomic mass is 9.86. The zero-order valence-corrected chi connectivity index (χ0v) is 10.4. The van der Waals surface area contributed by atoms with Crippen molar-refractivity contribution in [1.82, 2.24) is 4.90 Å². The van der Waals surface area contributed by atoms with E-state index < -0.39 is 29.8 Å². The first-order valence-electron chi connectivity index (χ1n) is 5.92. The Morgan fingerprint density at radius 3 is 2.84 bits per heavy atom. The summed E-state index contributed by atoms with van der Waals surface area (Å²) in [5.74, 6) is 0.906. The Morgan fingerprint density at radius 1 is 1.63 bits per heavy atom. The van der Waals surface area contributed by atoms with Gasteiger partial charge in [0.1, 0.15) is 0 Å². The maximum atomic E-state index is 11.8. The van der Waals surface area contributed by atoms with Crippen LogP contribution in [-0.2, 0) is 14.3 Å². The van der Waals surface area contributed by atoms with Crippen LogP contribution < -0.4 is 0 Å². The molecule has 19 heavy (non-hydrogen) atoms. The number of aliphatic hydroxyl groups excluding tert-OH is 1. The highest BCUT2D eigenvalue weighted by Crippen LogP contribution is 2.38. The predicted molar refractivity (Wildman–Crippen MR) is 64.3 cm³/mol. The number of carbonyl (C=O) groups excluding carboxylic acids is 2. The number of rotatable bonds is 2. The molecule has 4 atom stereocenters. The molecule has 102 valence electrons. The summed E-state index contributed by atoms with van der Waals surface area (Å²) in [4.78, 5) is 24.1. The Balaban J connectivity index is 2.34. The highest BCUT2D eigenvalue weighted by atomic mass is 16.6. The maximum absolute atomic E-state index is 11.8. The fourth-order valence-corrected chi connectivity index (χ4v) is 2.33.